The number of carbonyl (C=O) groups excluding carboxylic acids is 2. The standard InChI is InChI=1S/C19H20N2O3/c1-10-4-5-15(12(3)6-10)20-18(23)14-9-13-16(21-19(14)24)7-11(2)8-17(13)22/h4-6,9,11H,7-8H2,1-3H3,(H,20,23)(H,21,24). The Kier molecular flexibility index (Phi) is 4.09. The zero-order valence-corrected chi connectivity index (χ0v) is 14.0. The van der Waals surface area contributed by atoms with Gasteiger partial charge in [0.05, 0.1) is 0 Å². The molecule has 0 saturated carbocycles. The van der Waals surface area contributed by atoms with Crippen molar-refractivity contribution in [1.82, 2.24) is 4.98 Å². The zero-order valence-electron chi connectivity index (χ0n) is 14.0. The number of Topliss-reactive ketones (excluding diaryl/α,β-unsaturated/α-hetero) is 1. The van der Waals surface area contributed by atoms with Gasteiger partial charge in [0.1, 0.15) is 5.56 Å². The average molecular weight is 324 g/mol. The molecule has 0 aliphatic heterocycles. The predicted octanol–water partition coefficient (Wildman–Crippen LogP) is 3.01. The number of carbonyl (C=O) groups is 2. The van der Waals surface area contributed by atoms with E-state index in [1.807, 2.05) is 39.0 Å². The van der Waals surface area contributed by atoms with Crippen LogP contribution in [0.1, 0.15) is 50.9 Å². The summed E-state index contributed by atoms with van der Waals surface area (Å²) < 4.78 is 0. The molecule has 1 aromatic heterocycles. The minimum Gasteiger partial charge on any atom is -0.325 e. The van der Waals surface area contributed by atoms with Crippen molar-refractivity contribution in [3.63, 3.8) is 0 Å². The Labute approximate surface area is 140 Å². The maximum Gasteiger partial charge on any atom is 0.261 e. The highest BCUT2D eigenvalue weighted by atomic mass is 16.2. The normalized spacial score (nSPS) is 16.6. The Morgan fingerprint density at radius 3 is 2.62 bits per heavy atom. The number of amides is 1. The molecule has 0 spiro atoms. The number of fused-ring (bicyclic) bond motifs is 1. The van der Waals surface area contributed by atoms with Crippen LogP contribution >= 0.6 is 0 Å². The molecule has 1 heterocycles. The molecule has 1 aliphatic carbocycles. The molecule has 2 N–H and O–H groups in total. The van der Waals surface area contributed by atoms with E-state index in [1.165, 1.54) is 6.07 Å². The van der Waals surface area contributed by atoms with E-state index in [9.17, 15) is 14.4 Å². The number of rotatable bonds is 2. The van der Waals surface area contributed by atoms with Crippen LogP contribution in [0.25, 0.3) is 0 Å². The summed E-state index contributed by atoms with van der Waals surface area (Å²) in [5.41, 5.74) is 3.27. The number of aryl methyl sites for hydroxylation is 2. The summed E-state index contributed by atoms with van der Waals surface area (Å²) in [5.74, 6) is -0.325. The number of H-pyrrole nitrogens is 1. The van der Waals surface area contributed by atoms with Crippen LogP contribution in [0.5, 0.6) is 0 Å². The molecule has 0 radical (unpaired) electrons. The first-order valence-corrected chi connectivity index (χ1v) is 8.03. The van der Waals surface area contributed by atoms with Crippen molar-refractivity contribution in [2.45, 2.75) is 33.6 Å². The van der Waals surface area contributed by atoms with Crippen molar-refractivity contribution in [3.05, 3.63) is 62.6 Å². The van der Waals surface area contributed by atoms with Gasteiger partial charge in [-0.3, -0.25) is 14.4 Å². The molecule has 1 amide bonds. The molecule has 5 nitrogen and oxygen atoms in total. The lowest BCUT2D eigenvalue weighted by Gasteiger charge is -2.20. The van der Waals surface area contributed by atoms with Crippen molar-refractivity contribution < 1.29 is 9.59 Å². The highest BCUT2D eigenvalue weighted by Crippen LogP contribution is 2.24. The van der Waals surface area contributed by atoms with Crippen LogP contribution in [-0.4, -0.2) is 16.7 Å². The monoisotopic (exact) mass is 324 g/mol. The number of anilines is 1. The molecule has 3 rings (SSSR count). The van der Waals surface area contributed by atoms with E-state index in [-0.39, 0.29) is 17.3 Å². The first-order chi connectivity index (χ1) is 11.3. The smallest absolute Gasteiger partial charge is 0.261 e. The van der Waals surface area contributed by atoms with E-state index in [4.69, 9.17) is 0 Å². The van der Waals surface area contributed by atoms with Crippen LogP contribution in [0.3, 0.4) is 0 Å². The molecule has 0 fully saturated rings. The van der Waals surface area contributed by atoms with Gasteiger partial charge in [-0.2, -0.15) is 0 Å². The Balaban J connectivity index is 1.95. The fraction of sp³-hybridized carbons (Fsp3) is 0.316. The molecule has 1 aliphatic rings. The molecule has 24 heavy (non-hydrogen) atoms. The molecular weight excluding hydrogens is 304 g/mol. The first kappa shape index (κ1) is 16.2. The molecular formula is C19H20N2O3. The number of aromatic nitrogens is 1. The Hall–Kier alpha value is -2.69. The van der Waals surface area contributed by atoms with Gasteiger partial charge in [-0.25, -0.2) is 0 Å². The van der Waals surface area contributed by atoms with Gasteiger partial charge in [0, 0.05) is 23.4 Å². The molecule has 1 aromatic carbocycles. The second-order valence-corrected chi connectivity index (χ2v) is 6.61. The van der Waals surface area contributed by atoms with Crippen molar-refractivity contribution in [3.8, 4) is 0 Å². The minimum atomic E-state index is -0.502. The van der Waals surface area contributed by atoms with Crippen LogP contribution in [0, 0.1) is 19.8 Å². The number of hydrogen-bond acceptors (Lipinski definition) is 3. The number of hydrogen-bond donors (Lipinski definition) is 2. The second-order valence-electron chi connectivity index (χ2n) is 6.61. The summed E-state index contributed by atoms with van der Waals surface area (Å²) in [6, 6.07) is 7.09. The van der Waals surface area contributed by atoms with E-state index in [0.29, 0.717) is 29.8 Å². The van der Waals surface area contributed by atoms with Crippen molar-refractivity contribution in [1.29, 1.82) is 0 Å². The van der Waals surface area contributed by atoms with E-state index in [0.717, 1.165) is 11.1 Å². The van der Waals surface area contributed by atoms with Gasteiger partial charge in [-0.05, 0) is 43.9 Å². The Morgan fingerprint density at radius 2 is 1.92 bits per heavy atom. The fourth-order valence-corrected chi connectivity index (χ4v) is 3.14. The fourth-order valence-electron chi connectivity index (χ4n) is 3.14. The quantitative estimate of drug-likeness (QED) is 0.891. The van der Waals surface area contributed by atoms with Crippen LogP contribution in [0.15, 0.2) is 29.1 Å². The second kappa shape index (κ2) is 6.07. The van der Waals surface area contributed by atoms with Gasteiger partial charge in [0.25, 0.3) is 11.5 Å². The van der Waals surface area contributed by atoms with Crippen molar-refractivity contribution in [2.24, 2.45) is 5.92 Å². The summed E-state index contributed by atoms with van der Waals surface area (Å²) in [5, 5.41) is 2.75. The van der Waals surface area contributed by atoms with Gasteiger partial charge >= 0.3 is 0 Å². The van der Waals surface area contributed by atoms with E-state index in [2.05, 4.69) is 10.3 Å². The first-order valence-electron chi connectivity index (χ1n) is 8.03. The summed E-state index contributed by atoms with van der Waals surface area (Å²) >= 11 is 0. The van der Waals surface area contributed by atoms with Crippen molar-refractivity contribution >= 4 is 17.4 Å². The third-order valence-electron chi connectivity index (χ3n) is 4.38. The molecule has 0 saturated heterocycles. The maximum absolute atomic E-state index is 12.5. The minimum absolute atomic E-state index is 0.0273. The van der Waals surface area contributed by atoms with Gasteiger partial charge in [-0.15, -0.1) is 0 Å². The lowest BCUT2D eigenvalue weighted by molar-refractivity contribution is 0.0952. The number of pyridine rings is 1. The van der Waals surface area contributed by atoms with Crippen LogP contribution < -0.4 is 10.9 Å². The van der Waals surface area contributed by atoms with Crippen LogP contribution in [-0.2, 0) is 6.42 Å². The summed E-state index contributed by atoms with van der Waals surface area (Å²) in [6.07, 6.45) is 1.09. The van der Waals surface area contributed by atoms with Gasteiger partial charge in [-0.1, -0.05) is 24.6 Å². The SMILES string of the molecule is Cc1ccc(NC(=O)c2cc3c([nH]c2=O)CC(C)CC3=O)c(C)c1. The maximum atomic E-state index is 12.5. The average Bonchev–Trinajstić information content (AvgIpc) is 2.49. The zero-order chi connectivity index (χ0) is 17.4. The topological polar surface area (TPSA) is 79.0 Å². The molecule has 0 bridgehead atoms. The lowest BCUT2D eigenvalue weighted by Crippen LogP contribution is -2.29. The molecule has 2 aromatic rings. The lowest BCUT2D eigenvalue weighted by atomic mass is 9.86. The third kappa shape index (κ3) is 3.02. The number of benzene rings is 1. The van der Waals surface area contributed by atoms with Gasteiger partial charge in [0.15, 0.2) is 5.78 Å². The number of aromatic amines is 1. The van der Waals surface area contributed by atoms with Gasteiger partial charge < -0.3 is 10.3 Å². The molecule has 124 valence electrons. The third-order valence-corrected chi connectivity index (χ3v) is 4.38. The summed E-state index contributed by atoms with van der Waals surface area (Å²) in [6.45, 7) is 5.84. The molecule has 1 atom stereocenters. The van der Waals surface area contributed by atoms with Crippen LogP contribution in [0.2, 0.25) is 0 Å². The largest absolute Gasteiger partial charge is 0.325 e. The molecule has 5 heteroatoms. The van der Waals surface area contributed by atoms with E-state index < -0.39 is 11.5 Å². The predicted molar refractivity (Wildman–Crippen MR) is 92.7 cm³/mol. The highest BCUT2D eigenvalue weighted by molar-refractivity contribution is 6.07. The Morgan fingerprint density at radius 1 is 1.17 bits per heavy atom. The van der Waals surface area contributed by atoms with Crippen LogP contribution in [0.4, 0.5) is 5.69 Å². The van der Waals surface area contributed by atoms with E-state index >= 15 is 0 Å². The van der Waals surface area contributed by atoms with Gasteiger partial charge in [0.2, 0.25) is 0 Å². The Bertz CT molecular complexity index is 896. The van der Waals surface area contributed by atoms with E-state index in [1.54, 1.807) is 0 Å². The summed E-state index contributed by atoms with van der Waals surface area (Å²) in [7, 11) is 0. The molecule has 1 unspecified atom stereocenters. The number of nitrogens with one attached hydrogen (secondary N) is 2. The number of ketones is 1. The summed E-state index contributed by atoms with van der Waals surface area (Å²) in [4.78, 5) is 39.6. The highest BCUT2D eigenvalue weighted by Gasteiger charge is 2.25. The van der Waals surface area contributed by atoms with Crippen molar-refractivity contribution in [2.75, 3.05) is 5.32 Å².